The molecule has 1 aliphatic rings. The second-order valence-electron chi connectivity index (χ2n) is 8.62. The van der Waals surface area contributed by atoms with Gasteiger partial charge < -0.3 is 10.6 Å². The molecular formula is C27H28FN3O4S. The molecule has 0 spiro atoms. The first kappa shape index (κ1) is 25.5. The summed E-state index contributed by atoms with van der Waals surface area (Å²) in [6.45, 7) is 2.11. The van der Waals surface area contributed by atoms with E-state index in [0.717, 1.165) is 11.1 Å². The standard InChI is InChI=1S/C27H28FN3O4S/c1-2-26(32)30-22-10-12-23(13-11-22)36(34,35)31-15-14-20-7-3-4-9-24(20)25(31)17-27(33)29-18-19-6-5-8-21(28)16-19/h3-13,16,25H,2,14-15,17-18H2,1H3,(H,29,33)(H,30,32). The summed E-state index contributed by atoms with van der Waals surface area (Å²) < 4.78 is 42.2. The highest BCUT2D eigenvalue weighted by Gasteiger charge is 2.37. The molecular weight excluding hydrogens is 481 g/mol. The number of sulfonamides is 1. The number of nitrogens with zero attached hydrogens (tertiary/aromatic N) is 1. The second kappa shape index (κ2) is 11.0. The number of amides is 2. The zero-order valence-corrected chi connectivity index (χ0v) is 20.7. The van der Waals surface area contributed by atoms with Crippen LogP contribution in [0.1, 0.15) is 42.5 Å². The van der Waals surface area contributed by atoms with Crippen LogP contribution >= 0.6 is 0 Å². The highest BCUT2D eigenvalue weighted by Crippen LogP contribution is 2.36. The molecule has 3 aromatic rings. The molecule has 0 saturated heterocycles. The quantitative estimate of drug-likeness (QED) is 0.477. The van der Waals surface area contributed by atoms with Crippen LogP contribution in [0.25, 0.3) is 0 Å². The van der Waals surface area contributed by atoms with Gasteiger partial charge in [-0.1, -0.05) is 43.3 Å². The molecule has 0 aromatic heterocycles. The summed E-state index contributed by atoms with van der Waals surface area (Å²) >= 11 is 0. The lowest BCUT2D eigenvalue weighted by Gasteiger charge is -2.36. The largest absolute Gasteiger partial charge is 0.352 e. The Balaban J connectivity index is 1.56. The maximum atomic E-state index is 13.7. The third-order valence-corrected chi connectivity index (χ3v) is 8.11. The molecule has 1 atom stereocenters. The predicted octanol–water partition coefficient (Wildman–Crippen LogP) is 4.17. The summed E-state index contributed by atoms with van der Waals surface area (Å²) in [7, 11) is -3.93. The van der Waals surface area contributed by atoms with Gasteiger partial charge in [0.2, 0.25) is 21.8 Å². The van der Waals surface area contributed by atoms with E-state index in [0.29, 0.717) is 24.1 Å². The fourth-order valence-electron chi connectivity index (χ4n) is 4.32. The first-order chi connectivity index (χ1) is 17.3. The Kier molecular flexibility index (Phi) is 7.81. The Labute approximate surface area is 210 Å². The van der Waals surface area contributed by atoms with Crippen LogP contribution < -0.4 is 10.6 Å². The molecule has 2 amide bonds. The Morgan fingerprint density at radius 2 is 1.75 bits per heavy atom. The van der Waals surface area contributed by atoms with Crippen LogP contribution in [0.2, 0.25) is 0 Å². The molecule has 0 bridgehead atoms. The van der Waals surface area contributed by atoms with Crippen LogP contribution in [0.4, 0.5) is 10.1 Å². The lowest BCUT2D eigenvalue weighted by atomic mass is 9.92. The van der Waals surface area contributed by atoms with E-state index in [9.17, 15) is 22.4 Å². The van der Waals surface area contributed by atoms with Gasteiger partial charge >= 0.3 is 0 Å². The Hall–Kier alpha value is -3.56. The fourth-order valence-corrected chi connectivity index (χ4v) is 5.92. The fraction of sp³-hybridized carbons (Fsp3) is 0.259. The van der Waals surface area contributed by atoms with Crippen LogP contribution in [-0.2, 0) is 32.6 Å². The van der Waals surface area contributed by atoms with Crippen LogP contribution in [0, 0.1) is 5.82 Å². The number of carbonyl (C=O) groups excluding carboxylic acids is 2. The van der Waals surface area contributed by atoms with E-state index in [1.807, 2.05) is 24.3 Å². The highest BCUT2D eigenvalue weighted by molar-refractivity contribution is 7.89. The molecule has 36 heavy (non-hydrogen) atoms. The number of nitrogens with one attached hydrogen (secondary N) is 2. The summed E-state index contributed by atoms with van der Waals surface area (Å²) in [5.41, 5.74) is 2.93. The van der Waals surface area contributed by atoms with E-state index in [1.165, 1.54) is 28.6 Å². The smallest absolute Gasteiger partial charge is 0.243 e. The first-order valence-corrected chi connectivity index (χ1v) is 13.2. The number of halogens is 1. The SMILES string of the molecule is CCC(=O)Nc1ccc(S(=O)(=O)N2CCc3ccccc3C2CC(=O)NCc2cccc(F)c2)cc1. The Morgan fingerprint density at radius 1 is 1.00 bits per heavy atom. The Bertz CT molecular complexity index is 1360. The average molecular weight is 510 g/mol. The number of anilines is 1. The van der Waals surface area contributed by atoms with Gasteiger partial charge in [-0.05, 0) is 59.5 Å². The van der Waals surface area contributed by atoms with Gasteiger partial charge in [0.15, 0.2) is 0 Å². The third-order valence-electron chi connectivity index (χ3n) is 6.19. The van der Waals surface area contributed by atoms with Crippen molar-refractivity contribution in [1.29, 1.82) is 0 Å². The third kappa shape index (κ3) is 5.80. The van der Waals surface area contributed by atoms with Crippen molar-refractivity contribution in [2.75, 3.05) is 11.9 Å². The molecule has 1 aliphatic heterocycles. The highest BCUT2D eigenvalue weighted by atomic mass is 32.2. The average Bonchev–Trinajstić information content (AvgIpc) is 2.88. The number of carbonyl (C=O) groups is 2. The van der Waals surface area contributed by atoms with Crippen molar-refractivity contribution in [3.8, 4) is 0 Å². The summed E-state index contributed by atoms with van der Waals surface area (Å²) in [5, 5.41) is 5.48. The molecule has 0 aliphatic carbocycles. The number of hydrogen-bond acceptors (Lipinski definition) is 4. The molecule has 4 rings (SSSR count). The zero-order valence-electron chi connectivity index (χ0n) is 19.9. The molecule has 188 valence electrons. The number of rotatable bonds is 8. The van der Waals surface area contributed by atoms with Gasteiger partial charge in [0.25, 0.3) is 0 Å². The van der Waals surface area contributed by atoms with Gasteiger partial charge in [-0.25, -0.2) is 12.8 Å². The summed E-state index contributed by atoms with van der Waals surface area (Å²) in [4.78, 5) is 24.6. The number of benzene rings is 3. The molecule has 9 heteroatoms. The summed E-state index contributed by atoms with van der Waals surface area (Å²) in [6, 6.07) is 18.8. The van der Waals surface area contributed by atoms with Crippen LogP contribution in [0.5, 0.6) is 0 Å². The second-order valence-corrected chi connectivity index (χ2v) is 10.5. The van der Waals surface area contributed by atoms with Crippen molar-refractivity contribution < 1.29 is 22.4 Å². The summed E-state index contributed by atoms with van der Waals surface area (Å²) in [6.07, 6.45) is 0.772. The molecule has 2 N–H and O–H groups in total. The van der Waals surface area contributed by atoms with Crippen LogP contribution in [0.15, 0.2) is 77.7 Å². The van der Waals surface area contributed by atoms with Gasteiger partial charge in [0, 0.05) is 31.6 Å². The van der Waals surface area contributed by atoms with E-state index >= 15 is 0 Å². The number of hydrogen-bond donors (Lipinski definition) is 2. The van der Waals surface area contributed by atoms with E-state index in [-0.39, 0.29) is 42.0 Å². The maximum Gasteiger partial charge on any atom is 0.243 e. The minimum absolute atomic E-state index is 0.0732. The van der Waals surface area contributed by atoms with Crippen molar-refractivity contribution >= 4 is 27.5 Å². The normalized spacial score (nSPS) is 15.7. The van der Waals surface area contributed by atoms with E-state index in [2.05, 4.69) is 10.6 Å². The lowest BCUT2D eigenvalue weighted by Crippen LogP contribution is -2.42. The van der Waals surface area contributed by atoms with Crippen molar-refractivity contribution in [2.24, 2.45) is 0 Å². The van der Waals surface area contributed by atoms with Crippen molar-refractivity contribution in [2.45, 2.75) is 43.7 Å². The molecule has 0 saturated carbocycles. The van der Waals surface area contributed by atoms with E-state index < -0.39 is 16.1 Å². The molecule has 0 fully saturated rings. The van der Waals surface area contributed by atoms with E-state index in [1.54, 1.807) is 31.2 Å². The van der Waals surface area contributed by atoms with Gasteiger partial charge in [-0.15, -0.1) is 0 Å². The lowest BCUT2D eigenvalue weighted by molar-refractivity contribution is -0.122. The zero-order chi connectivity index (χ0) is 25.7. The number of fused-ring (bicyclic) bond motifs is 1. The molecule has 7 nitrogen and oxygen atoms in total. The molecule has 0 radical (unpaired) electrons. The predicted molar refractivity (Wildman–Crippen MR) is 135 cm³/mol. The van der Waals surface area contributed by atoms with Crippen LogP contribution in [-0.4, -0.2) is 31.1 Å². The Morgan fingerprint density at radius 3 is 2.47 bits per heavy atom. The molecule has 3 aromatic carbocycles. The van der Waals surface area contributed by atoms with E-state index in [4.69, 9.17) is 0 Å². The monoisotopic (exact) mass is 509 g/mol. The van der Waals surface area contributed by atoms with Gasteiger partial charge in [0.05, 0.1) is 10.9 Å². The minimum atomic E-state index is -3.93. The molecule has 1 unspecified atom stereocenters. The van der Waals surface area contributed by atoms with Crippen molar-refractivity contribution in [3.63, 3.8) is 0 Å². The minimum Gasteiger partial charge on any atom is -0.352 e. The topological polar surface area (TPSA) is 95.6 Å². The van der Waals surface area contributed by atoms with Crippen LogP contribution in [0.3, 0.4) is 0 Å². The maximum absolute atomic E-state index is 13.7. The van der Waals surface area contributed by atoms with Gasteiger partial charge in [-0.3, -0.25) is 9.59 Å². The van der Waals surface area contributed by atoms with Gasteiger partial charge in [0.1, 0.15) is 5.82 Å². The van der Waals surface area contributed by atoms with Gasteiger partial charge in [-0.2, -0.15) is 4.31 Å². The molecule has 1 heterocycles. The van der Waals surface area contributed by atoms with Crippen molar-refractivity contribution in [3.05, 3.63) is 95.3 Å². The van der Waals surface area contributed by atoms with Crippen molar-refractivity contribution in [1.82, 2.24) is 9.62 Å². The summed E-state index contributed by atoms with van der Waals surface area (Å²) in [5.74, 6) is -0.887. The first-order valence-electron chi connectivity index (χ1n) is 11.8.